The number of hydrogen-bond acceptors (Lipinski definition) is 3. The van der Waals surface area contributed by atoms with Crippen molar-refractivity contribution in [2.24, 2.45) is 0 Å². The molecule has 1 atom stereocenters. The van der Waals surface area contributed by atoms with Gasteiger partial charge in [-0.15, -0.1) is 0 Å². The second-order valence-electron chi connectivity index (χ2n) is 6.92. The number of hydrogen-bond donors (Lipinski definition) is 2. The number of anilines is 1. The van der Waals surface area contributed by atoms with Gasteiger partial charge in [0.25, 0.3) is 0 Å². The first-order chi connectivity index (χ1) is 13.9. The van der Waals surface area contributed by atoms with Gasteiger partial charge in [-0.3, -0.25) is 9.78 Å². The number of nitrogens with one attached hydrogen (secondary N) is 2. The molecule has 3 aromatic rings. The monoisotopic (exact) mass is 396 g/mol. The third-order valence-electron chi connectivity index (χ3n) is 4.88. The largest absolute Gasteiger partial charge is 0.346 e. The SMILES string of the molecule is C[C@H](NC(=O)CN1Cc2c(ccc(F)c2F)NC1=O)c1cc2ccccc2cn1. The average Bonchev–Trinajstić information content (AvgIpc) is 2.71. The van der Waals surface area contributed by atoms with Crippen LogP contribution in [0.5, 0.6) is 0 Å². The Kier molecular flexibility index (Phi) is 4.84. The summed E-state index contributed by atoms with van der Waals surface area (Å²) in [6, 6.07) is 11.0. The molecule has 0 fully saturated rings. The Morgan fingerprint density at radius 1 is 1.24 bits per heavy atom. The van der Waals surface area contributed by atoms with Crippen molar-refractivity contribution in [3.8, 4) is 0 Å². The van der Waals surface area contributed by atoms with E-state index in [9.17, 15) is 18.4 Å². The predicted molar refractivity (Wildman–Crippen MR) is 104 cm³/mol. The van der Waals surface area contributed by atoms with Crippen LogP contribution in [0.3, 0.4) is 0 Å². The number of fused-ring (bicyclic) bond motifs is 2. The molecule has 8 heteroatoms. The summed E-state index contributed by atoms with van der Waals surface area (Å²) in [7, 11) is 0. The fourth-order valence-corrected chi connectivity index (χ4v) is 3.32. The van der Waals surface area contributed by atoms with Gasteiger partial charge in [0.15, 0.2) is 11.6 Å². The second-order valence-corrected chi connectivity index (χ2v) is 6.92. The van der Waals surface area contributed by atoms with Gasteiger partial charge >= 0.3 is 6.03 Å². The fraction of sp³-hybridized carbons (Fsp3) is 0.190. The zero-order valence-corrected chi connectivity index (χ0v) is 15.6. The zero-order valence-electron chi connectivity index (χ0n) is 15.6. The molecule has 0 spiro atoms. The summed E-state index contributed by atoms with van der Waals surface area (Å²) >= 11 is 0. The number of carbonyl (C=O) groups is 2. The van der Waals surface area contributed by atoms with E-state index in [0.717, 1.165) is 21.7 Å². The quantitative estimate of drug-likeness (QED) is 0.706. The van der Waals surface area contributed by atoms with Gasteiger partial charge in [-0.05, 0) is 30.5 Å². The van der Waals surface area contributed by atoms with Crippen LogP contribution in [0.25, 0.3) is 10.8 Å². The van der Waals surface area contributed by atoms with Crippen LogP contribution in [0.1, 0.15) is 24.2 Å². The molecule has 0 saturated heterocycles. The number of urea groups is 1. The Morgan fingerprint density at radius 2 is 2.00 bits per heavy atom. The van der Waals surface area contributed by atoms with Gasteiger partial charge < -0.3 is 15.5 Å². The molecule has 1 aliphatic heterocycles. The molecule has 0 aliphatic carbocycles. The van der Waals surface area contributed by atoms with Crippen molar-refractivity contribution in [3.63, 3.8) is 0 Å². The highest BCUT2D eigenvalue weighted by Crippen LogP contribution is 2.27. The Bertz CT molecular complexity index is 1120. The third-order valence-corrected chi connectivity index (χ3v) is 4.88. The van der Waals surface area contributed by atoms with Crippen molar-refractivity contribution in [1.29, 1.82) is 0 Å². The zero-order chi connectivity index (χ0) is 20.5. The molecule has 0 bridgehead atoms. The lowest BCUT2D eigenvalue weighted by atomic mass is 10.1. The molecule has 0 radical (unpaired) electrons. The number of pyridine rings is 1. The fourth-order valence-electron chi connectivity index (χ4n) is 3.32. The van der Waals surface area contributed by atoms with Crippen molar-refractivity contribution in [3.05, 3.63) is 71.6 Å². The van der Waals surface area contributed by atoms with Gasteiger partial charge in [0.05, 0.1) is 24.0 Å². The predicted octanol–water partition coefficient (Wildman–Crippen LogP) is 3.74. The summed E-state index contributed by atoms with van der Waals surface area (Å²) in [6.07, 6.45) is 1.74. The van der Waals surface area contributed by atoms with Crippen LogP contribution in [0.4, 0.5) is 19.3 Å². The lowest BCUT2D eigenvalue weighted by Gasteiger charge is -2.29. The Balaban J connectivity index is 1.44. The summed E-state index contributed by atoms with van der Waals surface area (Å²) < 4.78 is 27.5. The minimum absolute atomic E-state index is 0.0154. The van der Waals surface area contributed by atoms with E-state index in [4.69, 9.17) is 0 Å². The normalized spacial score (nSPS) is 14.3. The Morgan fingerprint density at radius 3 is 2.79 bits per heavy atom. The van der Waals surface area contributed by atoms with Crippen LogP contribution in [0.15, 0.2) is 48.7 Å². The smallest absolute Gasteiger partial charge is 0.322 e. The summed E-state index contributed by atoms with van der Waals surface area (Å²) in [5, 5.41) is 7.26. The Labute approximate surface area is 165 Å². The molecule has 2 heterocycles. The van der Waals surface area contributed by atoms with Crippen LogP contribution in [-0.2, 0) is 11.3 Å². The van der Waals surface area contributed by atoms with E-state index in [1.165, 1.54) is 6.07 Å². The van der Waals surface area contributed by atoms with E-state index < -0.39 is 23.6 Å². The number of nitrogens with zero attached hydrogens (tertiary/aromatic N) is 2. The summed E-state index contributed by atoms with van der Waals surface area (Å²) in [5.74, 6) is -2.45. The van der Waals surface area contributed by atoms with Gasteiger partial charge in [-0.1, -0.05) is 24.3 Å². The molecule has 4 rings (SSSR count). The first-order valence-corrected chi connectivity index (χ1v) is 9.09. The van der Waals surface area contributed by atoms with Crippen molar-refractivity contribution >= 4 is 28.4 Å². The van der Waals surface area contributed by atoms with E-state index in [-0.39, 0.29) is 30.4 Å². The molecule has 29 heavy (non-hydrogen) atoms. The van der Waals surface area contributed by atoms with Crippen LogP contribution in [0.2, 0.25) is 0 Å². The number of rotatable bonds is 4. The number of halogens is 2. The number of aromatic nitrogens is 1. The van der Waals surface area contributed by atoms with E-state index >= 15 is 0 Å². The van der Waals surface area contributed by atoms with Crippen LogP contribution in [0, 0.1) is 11.6 Å². The van der Waals surface area contributed by atoms with Crippen molar-refractivity contribution < 1.29 is 18.4 Å². The van der Waals surface area contributed by atoms with Crippen molar-refractivity contribution in [2.45, 2.75) is 19.5 Å². The molecule has 2 N–H and O–H groups in total. The van der Waals surface area contributed by atoms with Crippen molar-refractivity contribution in [2.75, 3.05) is 11.9 Å². The van der Waals surface area contributed by atoms with Crippen LogP contribution >= 0.6 is 0 Å². The van der Waals surface area contributed by atoms with Gasteiger partial charge in [0, 0.05) is 17.1 Å². The Hall–Kier alpha value is -3.55. The first kappa shape index (κ1) is 18.8. The first-order valence-electron chi connectivity index (χ1n) is 9.09. The average molecular weight is 396 g/mol. The van der Waals surface area contributed by atoms with E-state index in [1.807, 2.05) is 30.3 Å². The van der Waals surface area contributed by atoms with E-state index in [0.29, 0.717) is 5.69 Å². The maximum Gasteiger partial charge on any atom is 0.322 e. The lowest BCUT2D eigenvalue weighted by molar-refractivity contribution is -0.122. The van der Waals surface area contributed by atoms with Gasteiger partial charge in [0.1, 0.15) is 6.54 Å². The molecule has 3 amide bonds. The molecule has 6 nitrogen and oxygen atoms in total. The minimum Gasteiger partial charge on any atom is -0.346 e. The molecule has 0 unspecified atom stereocenters. The standard InChI is InChI=1S/C21H18F2N4O2/c1-12(18-8-13-4-2-3-5-14(13)9-24-18)25-19(28)11-27-10-15-17(26-21(27)29)7-6-16(22)20(15)23/h2-9,12H,10-11H2,1H3,(H,25,28)(H,26,29)/t12-/m0/s1. The summed E-state index contributed by atoms with van der Waals surface area (Å²) in [4.78, 5) is 30.1. The number of benzene rings is 2. The van der Waals surface area contributed by atoms with E-state index in [1.54, 1.807) is 13.1 Å². The molecular weight excluding hydrogens is 378 g/mol. The van der Waals surface area contributed by atoms with Gasteiger partial charge in [0.2, 0.25) is 5.91 Å². The number of amides is 3. The lowest BCUT2D eigenvalue weighted by Crippen LogP contribution is -2.45. The third kappa shape index (κ3) is 3.73. The molecule has 1 aliphatic rings. The van der Waals surface area contributed by atoms with Crippen LogP contribution in [-0.4, -0.2) is 28.4 Å². The molecular formula is C21H18F2N4O2. The number of carbonyl (C=O) groups excluding carboxylic acids is 2. The maximum absolute atomic E-state index is 14.0. The van der Waals surface area contributed by atoms with Crippen LogP contribution < -0.4 is 10.6 Å². The molecule has 1 aromatic heterocycles. The maximum atomic E-state index is 14.0. The topological polar surface area (TPSA) is 74.3 Å². The highest BCUT2D eigenvalue weighted by atomic mass is 19.2. The summed E-state index contributed by atoms with van der Waals surface area (Å²) in [6.45, 7) is 1.30. The highest BCUT2D eigenvalue weighted by molar-refractivity contribution is 5.95. The second kappa shape index (κ2) is 7.46. The highest BCUT2D eigenvalue weighted by Gasteiger charge is 2.28. The molecule has 2 aromatic carbocycles. The van der Waals surface area contributed by atoms with E-state index in [2.05, 4.69) is 15.6 Å². The van der Waals surface area contributed by atoms with Crippen molar-refractivity contribution in [1.82, 2.24) is 15.2 Å². The minimum atomic E-state index is -1.03. The van der Waals surface area contributed by atoms with Gasteiger partial charge in [-0.25, -0.2) is 13.6 Å². The molecule has 0 saturated carbocycles. The molecule has 148 valence electrons. The summed E-state index contributed by atoms with van der Waals surface area (Å²) in [5.41, 5.74) is 0.902. The van der Waals surface area contributed by atoms with Gasteiger partial charge in [-0.2, -0.15) is 0 Å².